The highest BCUT2D eigenvalue weighted by Crippen LogP contribution is 2.15. The molecule has 0 saturated heterocycles. The van der Waals surface area contributed by atoms with Crippen molar-refractivity contribution in [3.63, 3.8) is 0 Å². The van der Waals surface area contributed by atoms with Gasteiger partial charge < -0.3 is 15.2 Å². The summed E-state index contributed by atoms with van der Waals surface area (Å²) in [4.78, 5) is 22.9. The van der Waals surface area contributed by atoms with Crippen LogP contribution in [0.2, 0.25) is 0 Å². The summed E-state index contributed by atoms with van der Waals surface area (Å²) >= 11 is 0. The van der Waals surface area contributed by atoms with Crippen LogP contribution in [-0.4, -0.2) is 29.7 Å². The Bertz CT molecular complexity index is 511. The molecule has 0 aromatic heterocycles. The zero-order valence-corrected chi connectivity index (χ0v) is 13.0. The lowest BCUT2D eigenvalue weighted by Crippen LogP contribution is -2.28. The molecule has 0 aliphatic heterocycles. The summed E-state index contributed by atoms with van der Waals surface area (Å²) in [5.41, 5.74) is 1.41. The summed E-state index contributed by atoms with van der Waals surface area (Å²) in [6.07, 6.45) is 0.368. The molecule has 0 bridgehead atoms. The predicted octanol–water partition coefficient (Wildman–Crippen LogP) is 3.08. The van der Waals surface area contributed by atoms with Crippen LogP contribution in [0.4, 0.5) is 5.69 Å². The average molecular weight is 293 g/mol. The van der Waals surface area contributed by atoms with Gasteiger partial charge in [0.1, 0.15) is 6.10 Å². The topological polar surface area (TPSA) is 75.6 Å². The molecule has 5 heteroatoms. The van der Waals surface area contributed by atoms with Crippen LogP contribution in [0, 0.1) is 12.8 Å². The predicted molar refractivity (Wildman–Crippen MR) is 81.6 cm³/mol. The van der Waals surface area contributed by atoms with E-state index in [9.17, 15) is 9.59 Å². The number of benzene rings is 1. The van der Waals surface area contributed by atoms with Crippen molar-refractivity contribution in [1.29, 1.82) is 0 Å². The molecule has 1 aromatic rings. The molecule has 1 unspecified atom stereocenters. The van der Waals surface area contributed by atoms with Gasteiger partial charge in [-0.15, -0.1) is 0 Å². The number of anilines is 1. The van der Waals surface area contributed by atoms with Crippen molar-refractivity contribution in [3.8, 4) is 0 Å². The molecule has 0 fully saturated rings. The number of carboxylic acid groups (broad SMARTS) is 1. The number of amides is 1. The third kappa shape index (κ3) is 5.55. The van der Waals surface area contributed by atoms with Crippen LogP contribution < -0.4 is 5.32 Å². The molecule has 2 N–H and O–H groups in total. The number of carboxylic acids is 1. The van der Waals surface area contributed by atoms with E-state index in [-0.39, 0.29) is 11.5 Å². The average Bonchev–Trinajstić information content (AvgIpc) is 2.37. The fourth-order valence-electron chi connectivity index (χ4n) is 1.78. The van der Waals surface area contributed by atoms with Crippen molar-refractivity contribution >= 4 is 17.6 Å². The third-order valence-corrected chi connectivity index (χ3v) is 3.16. The first kappa shape index (κ1) is 17.2. The van der Waals surface area contributed by atoms with Gasteiger partial charge in [-0.3, -0.25) is 4.79 Å². The highest BCUT2D eigenvalue weighted by Gasteiger charge is 2.14. The number of aromatic carboxylic acids is 1. The van der Waals surface area contributed by atoms with Crippen LogP contribution in [0.5, 0.6) is 0 Å². The van der Waals surface area contributed by atoms with Crippen LogP contribution in [-0.2, 0) is 9.53 Å². The van der Waals surface area contributed by atoms with E-state index >= 15 is 0 Å². The molecule has 0 heterocycles. The largest absolute Gasteiger partial charge is 0.478 e. The van der Waals surface area contributed by atoms with Gasteiger partial charge in [0.2, 0.25) is 0 Å². The fourth-order valence-corrected chi connectivity index (χ4v) is 1.78. The first-order chi connectivity index (χ1) is 9.81. The molecule has 1 atom stereocenters. The lowest BCUT2D eigenvalue weighted by molar-refractivity contribution is -0.126. The molecule has 116 valence electrons. The van der Waals surface area contributed by atoms with E-state index in [0.29, 0.717) is 23.8 Å². The van der Waals surface area contributed by atoms with Gasteiger partial charge in [-0.25, -0.2) is 4.79 Å². The number of hydrogen-bond donors (Lipinski definition) is 2. The molecule has 0 spiro atoms. The Hall–Kier alpha value is -1.88. The molecule has 1 aromatic carbocycles. The summed E-state index contributed by atoms with van der Waals surface area (Å²) in [7, 11) is 0. The third-order valence-electron chi connectivity index (χ3n) is 3.16. The Morgan fingerprint density at radius 2 is 1.95 bits per heavy atom. The van der Waals surface area contributed by atoms with Crippen LogP contribution in [0.1, 0.15) is 43.1 Å². The number of ether oxygens (including phenoxy) is 1. The number of carbonyl (C=O) groups is 2. The zero-order valence-electron chi connectivity index (χ0n) is 13.0. The van der Waals surface area contributed by atoms with Crippen molar-refractivity contribution in [2.24, 2.45) is 5.92 Å². The molecular formula is C16H23NO4. The van der Waals surface area contributed by atoms with Crippen molar-refractivity contribution < 1.29 is 19.4 Å². The molecule has 0 aliphatic carbocycles. The first-order valence-corrected chi connectivity index (χ1v) is 7.07. The van der Waals surface area contributed by atoms with Gasteiger partial charge in [-0.05, 0) is 49.9 Å². The van der Waals surface area contributed by atoms with Gasteiger partial charge in [0, 0.05) is 12.3 Å². The van der Waals surface area contributed by atoms with Gasteiger partial charge in [-0.1, -0.05) is 13.8 Å². The minimum atomic E-state index is -0.976. The Morgan fingerprint density at radius 1 is 1.29 bits per heavy atom. The van der Waals surface area contributed by atoms with E-state index in [4.69, 9.17) is 9.84 Å². The van der Waals surface area contributed by atoms with Gasteiger partial charge in [0.05, 0.1) is 5.56 Å². The highest BCUT2D eigenvalue weighted by atomic mass is 16.5. The maximum atomic E-state index is 12.0. The summed E-state index contributed by atoms with van der Waals surface area (Å²) in [6, 6.07) is 4.70. The zero-order chi connectivity index (χ0) is 16.0. The summed E-state index contributed by atoms with van der Waals surface area (Å²) in [5, 5.41) is 11.7. The van der Waals surface area contributed by atoms with Crippen molar-refractivity contribution in [1.82, 2.24) is 0 Å². The SMILES string of the molecule is Cc1cc(NC(=O)C(C)OCCC(C)C)ccc1C(=O)O. The first-order valence-electron chi connectivity index (χ1n) is 7.07. The van der Waals surface area contributed by atoms with E-state index in [1.807, 2.05) is 0 Å². The Balaban J connectivity index is 2.58. The molecule has 1 rings (SSSR count). The van der Waals surface area contributed by atoms with Crippen LogP contribution in [0.3, 0.4) is 0 Å². The van der Waals surface area contributed by atoms with E-state index < -0.39 is 12.1 Å². The summed E-state index contributed by atoms with van der Waals surface area (Å²) in [6.45, 7) is 8.14. The molecule has 0 aliphatic rings. The lowest BCUT2D eigenvalue weighted by atomic mass is 10.1. The molecule has 0 saturated carbocycles. The molecule has 21 heavy (non-hydrogen) atoms. The summed E-state index contributed by atoms with van der Waals surface area (Å²) in [5.74, 6) is -0.677. The summed E-state index contributed by atoms with van der Waals surface area (Å²) < 4.78 is 5.47. The number of rotatable bonds is 7. The second-order valence-electron chi connectivity index (χ2n) is 5.52. The second-order valence-corrected chi connectivity index (χ2v) is 5.52. The molecule has 5 nitrogen and oxygen atoms in total. The standard InChI is InChI=1S/C16H23NO4/c1-10(2)7-8-21-12(4)15(18)17-13-5-6-14(16(19)20)11(3)9-13/h5-6,9-10,12H,7-8H2,1-4H3,(H,17,18)(H,19,20). The van der Waals surface area contributed by atoms with E-state index in [2.05, 4.69) is 19.2 Å². The minimum absolute atomic E-state index is 0.231. The quantitative estimate of drug-likeness (QED) is 0.810. The van der Waals surface area contributed by atoms with Gasteiger partial charge >= 0.3 is 5.97 Å². The van der Waals surface area contributed by atoms with Crippen molar-refractivity contribution in [2.45, 2.75) is 40.2 Å². The lowest BCUT2D eigenvalue weighted by Gasteiger charge is -2.14. The van der Waals surface area contributed by atoms with E-state index in [1.54, 1.807) is 26.0 Å². The van der Waals surface area contributed by atoms with Crippen LogP contribution in [0.25, 0.3) is 0 Å². The number of carbonyl (C=O) groups excluding carboxylic acids is 1. The highest BCUT2D eigenvalue weighted by molar-refractivity contribution is 5.95. The Kier molecular flexibility index (Phi) is 6.37. The monoisotopic (exact) mass is 293 g/mol. The Morgan fingerprint density at radius 3 is 2.48 bits per heavy atom. The number of hydrogen-bond acceptors (Lipinski definition) is 3. The molecule has 1 amide bonds. The Labute approximate surface area is 125 Å². The van der Waals surface area contributed by atoms with E-state index in [0.717, 1.165) is 6.42 Å². The van der Waals surface area contributed by atoms with Gasteiger partial charge in [0.15, 0.2) is 0 Å². The maximum absolute atomic E-state index is 12.0. The van der Waals surface area contributed by atoms with E-state index in [1.165, 1.54) is 6.07 Å². The van der Waals surface area contributed by atoms with Crippen molar-refractivity contribution in [2.75, 3.05) is 11.9 Å². The number of aryl methyl sites for hydroxylation is 1. The second kappa shape index (κ2) is 7.78. The molecular weight excluding hydrogens is 270 g/mol. The van der Waals surface area contributed by atoms with Crippen LogP contribution in [0.15, 0.2) is 18.2 Å². The van der Waals surface area contributed by atoms with Gasteiger partial charge in [-0.2, -0.15) is 0 Å². The minimum Gasteiger partial charge on any atom is -0.478 e. The van der Waals surface area contributed by atoms with Crippen molar-refractivity contribution in [3.05, 3.63) is 29.3 Å². The number of nitrogens with one attached hydrogen (secondary N) is 1. The van der Waals surface area contributed by atoms with Crippen LogP contribution >= 0.6 is 0 Å². The fraction of sp³-hybridized carbons (Fsp3) is 0.500. The normalized spacial score (nSPS) is 12.2. The maximum Gasteiger partial charge on any atom is 0.335 e. The smallest absolute Gasteiger partial charge is 0.335 e. The van der Waals surface area contributed by atoms with Gasteiger partial charge in [0.25, 0.3) is 5.91 Å². The molecule has 0 radical (unpaired) electrons.